The average molecular weight is 410 g/mol. The first kappa shape index (κ1) is 19.6. The molecule has 156 valence electrons. The monoisotopic (exact) mass is 410 g/mol. The quantitative estimate of drug-likeness (QED) is 0.588. The molecule has 4 rings (SSSR count). The first-order valence-electron chi connectivity index (χ1n) is 9.39. The van der Waals surface area contributed by atoms with Crippen LogP contribution in [0, 0.1) is 0 Å². The molecule has 0 spiro atoms. The van der Waals surface area contributed by atoms with Crippen LogP contribution in [0.25, 0.3) is 11.3 Å². The third-order valence-corrected chi connectivity index (χ3v) is 4.84. The molecule has 2 aromatic carbocycles. The van der Waals surface area contributed by atoms with Gasteiger partial charge in [0.15, 0.2) is 17.3 Å². The summed E-state index contributed by atoms with van der Waals surface area (Å²) >= 11 is 0. The molecule has 30 heavy (non-hydrogen) atoms. The number of hydrogen-bond donors (Lipinski definition) is 0. The van der Waals surface area contributed by atoms with Crippen LogP contribution >= 0.6 is 0 Å². The molecular formula is C22H22N2O6. The van der Waals surface area contributed by atoms with Crippen molar-refractivity contribution in [2.75, 3.05) is 21.0 Å². The fourth-order valence-electron chi connectivity index (χ4n) is 3.25. The molecule has 0 saturated heterocycles. The van der Waals surface area contributed by atoms with E-state index in [0.717, 1.165) is 11.1 Å². The predicted octanol–water partition coefficient (Wildman–Crippen LogP) is 3.64. The summed E-state index contributed by atoms with van der Waals surface area (Å²) in [6.45, 7) is 2.47. The highest BCUT2D eigenvalue weighted by molar-refractivity contribution is 5.73. The molecule has 0 bridgehead atoms. The minimum Gasteiger partial charge on any atom is -0.497 e. The lowest BCUT2D eigenvalue weighted by molar-refractivity contribution is -0.130. The summed E-state index contributed by atoms with van der Waals surface area (Å²) in [6.07, 6.45) is 0. The lowest BCUT2D eigenvalue weighted by Crippen LogP contribution is -2.27. The number of benzene rings is 2. The van der Waals surface area contributed by atoms with Gasteiger partial charge in [0.1, 0.15) is 17.2 Å². The summed E-state index contributed by atoms with van der Waals surface area (Å²) in [5, 5.41) is 4.13. The van der Waals surface area contributed by atoms with Crippen molar-refractivity contribution in [1.29, 1.82) is 0 Å². The molecule has 0 radical (unpaired) electrons. The fraction of sp³-hybridized carbons (Fsp3) is 0.273. The molecule has 1 aromatic heterocycles. The largest absolute Gasteiger partial charge is 0.497 e. The molecule has 3 aromatic rings. The SMILES string of the molecule is COc1ccc(-c2cc(CN(Cc3ccc4c(c3)OCO4)C(C)=O)no2)c(OC)c1. The number of carbonyl (C=O) groups is 1. The second-order valence-electron chi connectivity index (χ2n) is 6.81. The van der Waals surface area contributed by atoms with Crippen LogP contribution in [0.5, 0.6) is 23.0 Å². The van der Waals surface area contributed by atoms with E-state index in [1.807, 2.05) is 30.3 Å². The first-order valence-corrected chi connectivity index (χ1v) is 9.39. The van der Waals surface area contributed by atoms with Crippen LogP contribution in [-0.2, 0) is 17.9 Å². The van der Waals surface area contributed by atoms with Crippen LogP contribution in [0.3, 0.4) is 0 Å². The van der Waals surface area contributed by atoms with Crippen molar-refractivity contribution in [3.63, 3.8) is 0 Å². The zero-order valence-corrected chi connectivity index (χ0v) is 17.0. The number of methoxy groups -OCH3 is 2. The molecule has 0 aliphatic carbocycles. The molecule has 0 N–H and O–H groups in total. The third-order valence-electron chi connectivity index (χ3n) is 4.84. The summed E-state index contributed by atoms with van der Waals surface area (Å²) in [7, 11) is 3.18. The second kappa shape index (κ2) is 8.36. The van der Waals surface area contributed by atoms with Gasteiger partial charge in [0, 0.05) is 25.6 Å². The van der Waals surface area contributed by atoms with Gasteiger partial charge in [0.25, 0.3) is 0 Å². The van der Waals surface area contributed by atoms with Crippen molar-refractivity contribution in [2.45, 2.75) is 20.0 Å². The van der Waals surface area contributed by atoms with Crippen LogP contribution in [0.4, 0.5) is 0 Å². The van der Waals surface area contributed by atoms with Gasteiger partial charge in [-0.1, -0.05) is 11.2 Å². The van der Waals surface area contributed by atoms with Gasteiger partial charge in [-0.25, -0.2) is 0 Å². The predicted molar refractivity (Wildman–Crippen MR) is 108 cm³/mol. The van der Waals surface area contributed by atoms with E-state index in [1.54, 1.807) is 31.3 Å². The number of rotatable bonds is 7. The number of aromatic nitrogens is 1. The Kier molecular flexibility index (Phi) is 5.47. The molecule has 8 heteroatoms. The lowest BCUT2D eigenvalue weighted by Gasteiger charge is -2.20. The van der Waals surface area contributed by atoms with Crippen molar-refractivity contribution >= 4 is 5.91 Å². The highest BCUT2D eigenvalue weighted by Gasteiger charge is 2.19. The Morgan fingerprint density at radius 2 is 1.87 bits per heavy atom. The first-order chi connectivity index (χ1) is 14.6. The summed E-state index contributed by atoms with van der Waals surface area (Å²) < 4.78 is 26.9. The Labute approximate surface area is 173 Å². The van der Waals surface area contributed by atoms with Gasteiger partial charge >= 0.3 is 0 Å². The Bertz CT molecular complexity index is 1060. The molecule has 1 amide bonds. The minimum atomic E-state index is -0.0701. The Balaban J connectivity index is 1.52. The van der Waals surface area contributed by atoms with E-state index in [2.05, 4.69) is 5.16 Å². The molecule has 0 atom stereocenters. The highest BCUT2D eigenvalue weighted by Crippen LogP contribution is 2.34. The van der Waals surface area contributed by atoms with Crippen LogP contribution < -0.4 is 18.9 Å². The zero-order chi connectivity index (χ0) is 21.1. The molecule has 0 saturated carbocycles. The number of amides is 1. The van der Waals surface area contributed by atoms with Crippen molar-refractivity contribution in [1.82, 2.24) is 10.1 Å². The maximum absolute atomic E-state index is 12.2. The second-order valence-corrected chi connectivity index (χ2v) is 6.81. The standard InChI is InChI=1S/C22H22N2O6/c1-14(25)24(11-15-4-7-19-22(8-15)29-13-28-19)12-16-9-21(30-23-16)18-6-5-17(26-2)10-20(18)27-3/h4-10H,11-13H2,1-3H3. The van der Waals surface area contributed by atoms with Crippen LogP contribution in [0.2, 0.25) is 0 Å². The minimum absolute atomic E-state index is 0.0701. The number of fused-ring (bicyclic) bond motifs is 1. The molecular weight excluding hydrogens is 388 g/mol. The molecule has 0 fully saturated rings. The van der Waals surface area contributed by atoms with E-state index in [9.17, 15) is 4.79 Å². The van der Waals surface area contributed by atoms with Crippen molar-refractivity contribution in [3.8, 4) is 34.3 Å². The van der Waals surface area contributed by atoms with E-state index >= 15 is 0 Å². The van der Waals surface area contributed by atoms with Gasteiger partial charge in [0.05, 0.1) is 26.3 Å². The molecule has 2 heterocycles. The molecule has 1 aliphatic heterocycles. The van der Waals surface area contributed by atoms with Crippen LogP contribution in [0.15, 0.2) is 47.0 Å². The van der Waals surface area contributed by atoms with Gasteiger partial charge in [-0.3, -0.25) is 4.79 Å². The van der Waals surface area contributed by atoms with Gasteiger partial charge in [-0.15, -0.1) is 0 Å². The highest BCUT2D eigenvalue weighted by atomic mass is 16.7. The molecule has 8 nitrogen and oxygen atoms in total. The Morgan fingerprint density at radius 3 is 2.63 bits per heavy atom. The number of hydrogen-bond acceptors (Lipinski definition) is 7. The van der Waals surface area contributed by atoms with Crippen molar-refractivity contribution in [3.05, 3.63) is 53.7 Å². The maximum Gasteiger partial charge on any atom is 0.231 e. The van der Waals surface area contributed by atoms with E-state index in [0.29, 0.717) is 47.5 Å². The molecule has 0 unspecified atom stereocenters. The van der Waals surface area contributed by atoms with Gasteiger partial charge in [0.2, 0.25) is 12.7 Å². The number of nitrogens with zero attached hydrogens (tertiary/aromatic N) is 2. The number of ether oxygens (including phenoxy) is 4. The normalized spacial score (nSPS) is 12.0. The van der Waals surface area contributed by atoms with E-state index < -0.39 is 0 Å². The Morgan fingerprint density at radius 1 is 1.03 bits per heavy atom. The summed E-state index contributed by atoms with van der Waals surface area (Å²) in [6, 6.07) is 12.9. The zero-order valence-electron chi connectivity index (χ0n) is 17.0. The van der Waals surface area contributed by atoms with Crippen LogP contribution in [-0.4, -0.2) is 37.0 Å². The van der Waals surface area contributed by atoms with E-state index in [4.69, 9.17) is 23.5 Å². The number of carbonyl (C=O) groups excluding carboxylic acids is 1. The van der Waals surface area contributed by atoms with Crippen molar-refractivity contribution in [2.24, 2.45) is 0 Å². The van der Waals surface area contributed by atoms with Crippen LogP contribution in [0.1, 0.15) is 18.2 Å². The maximum atomic E-state index is 12.2. The molecule has 1 aliphatic rings. The average Bonchev–Trinajstić information content (AvgIpc) is 3.41. The van der Waals surface area contributed by atoms with E-state index in [-0.39, 0.29) is 12.7 Å². The lowest BCUT2D eigenvalue weighted by atomic mass is 10.1. The van der Waals surface area contributed by atoms with Gasteiger partial charge in [-0.05, 0) is 29.8 Å². The van der Waals surface area contributed by atoms with Gasteiger partial charge < -0.3 is 28.4 Å². The summed E-state index contributed by atoms with van der Waals surface area (Å²) in [5.74, 6) is 3.17. The van der Waals surface area contributed by atoms with E-state index in [1.165, 1.54) is 6.92 Å². The van der Waals surface area contributed by atoms with Crippen molar-refractivity contribution < 1.29 is 28.3 Å². The third kappa shape index (κ3) is 4.03. The topological polar surface area (TPSA) is 83.3 Å². The fourth-order valence-corrected chi connectivity index (χ4v) is 3.25. The smallest absolute Gasteiger partial charge is 0.231 e. The summed E-state index contributed by atoms with van der Waals surface area (Å²) in [4.78, 5) is 13.9. The van der Waals surface area contributed by atoms with Gasteiger partial charge in [-0.2, -0.15) is 0 Å². The Hall–Kier alpha value is -3.68. The summed E-state index contributed by atoms with van der Waals surface area (Å²) in [5.41, 5.74) is 2.33.